The molecule has 0 unspecified atom stereocenters. The zero-order valence-corrected chi connectivity index (χ0v) is 15.4. The number of nitrogens with two attached hydrogens (primary N) is 1. The first-order valence-corrected chi connectivity index (χ1v) is 8.13. The molecule has 1 heterocycles. The molecule has 3 nitrogen and oxygen atoms in total. The van der Waals surface area contributed by atoms with Crippen molar-refractivity contribution < 1.29 is 0 Å². The van der Waals surface area contributed by atoms with E-state index in [-0.39, 0.29) is 11.5 Å². The summed E-state index contributed by atoms with van der Waals surface area (Å²) in [5.74, 6) is 1.66. The van der Waals surface area contributed by atoms with Crippen LogP contribution < -0.4 is 5.73 Å². The van der Waals surface area contributed by atoms with Gasteiger partial charge in [0, 0.05) is 26.5 Å². The van der Waals surface area contributed by atoms with Gasteiger partial charge in [-0.3, -0.25) is 0 Å². The third kappa shape index (κ3) is 3.11. The summed E-state index contributed by atoms with van der Waals surface area (Å²) in [5, 5.41) is 0.670. The van der Waals surface area contributed by atoms with Gasteiger partial charge in [-0.2, -0.15) is 0 Å². The fourth-order valence-electron chi connectivity index (χ4n) is 2.37. The lowest BCUT2D eigenvalue weighted by Gasteiger charge is -2.22. The molecule has 114 valence electrons. The molecule has 2 N–H and O–H groups in total. The fourth-order valence-corrected chi connectivity index (χ4v) is 2.98. The smallest absolute Gasteiger partial charge is 0.132 e. The van der Waals surface area contributed by atoms with E-state index in [1.54, 1.807) is 0 Å². The first-order valence-electron chi connectivity index (χ1n) is 6.96. The van der Waals surface area contributed by atoms with Gasteiger partial charge in [0.05, 0.1) is 0 Å². The van der Waals surface area contributed by atoms with Crippen LogP contribution in [0.4, 0.5) is 5.82 Å². The molecule has 0 bridgehead atoms. The second kappa shape index (κ2) is 5.65. The fraction of sp³-hybridized carbons (Fsp3) is 0.438. The van der Waals surface area contributed by atoms with Crippen molar-refractivity contribution in [2.45, 2.75) is 46.1 Å². The molecule has 0 spiro atoms. The summed E-state index contributed by atoms with van der Waals surface area (Å²) in [5.41, 5.74) is 8.01. The largest absolute Gasteiger partial charge is 0.383 e. The summed E-state index contributed by atoms with van der Waals surface area (Å²) in [6.07, 6.45) is 0. The predicted octanol–water partition coefficient (Wildman–Crippen LogP) is 5.43. The van der Waals surface area contributed by atoms with E-state index in [2.05, 4.69) is 55.1 Å². The monoisotopic (exact) mass is 369 g/mol. The third-order valence-electron chi connectivity index (χ3n) is 3.32. The lowest BCUT2D eigenvalue weighted by molar-refractivity contribution is 0.473. The molecule has 0 radical (unpaired) electrons. The van der Waals surface area contributed by atoms with Gasteiger partial charge < -0.3 is 10.3 Å². The van der Waals surface area contributed by atoms with E-state index in [1.165, 1.54) is 0 Å². The second-order valence-corrected chi connectivity index (χ2v) is 7.80. The number of nitrogens with zero attached hydrogens (tertiary/aromatic N) is 2. The van der Waals surface area contributed by atoms with Crippen molar-refractivity contribution in [2.24, 2.45) is 0 Å². The molecule has 5 heteroatoms. The topological polar surface area (TPSA) is 43.8 Å². The Balaban J connectivity index is 2.74. The summed E-state index contributed by atoms with van der Waals surface area (Å²) in [4.78, 5) is 4.82. The Morgan fingerprint density at radius 2 is 1.90 bits per heavy atom. The summed E-state index contributed by atoms with van der Waals surface area (Å²) < 4.78 is 3.04. The van der Waals surface area contributed by atoms with Gasteiger partial charge in [-0.05, 0) is 32.0 Å². The highest BCUT2D eigenvalue weighted by Crippen LogP contribution is 2.38. The van der Waals surface area contributed by atoms with E-state index in [4.69, 9.17) is 22.3 Å². The van der Waals surface area contributed by atoms with Crippen molar-refractivity contribution in [3.8, 4) is 11.3 Å². The first-order chi connectivity index (χ1) is 9.62. The lowest BCUT2D eigenvalue weighted by atomic mass is 9.95. The number of halogens is 2. The third-order valence-corrected chi connectivity index (χ3v) is 4.25. The van der Waals surface area contributed by atoms with Crippen molar-refractivity contribution in [1.29, 1.82) is 0 Å². The molecule has 21 heavy (non-hydrogen) atoms. The Morgan fingerprint density at radius 3 is 2.38 bits per heavy atom. The number of aromatic nitrogens is 2. The quantitative estimate of drug-likeness (QED) is 0.766. The highest BCUT2D eigenvalue weighted by Gasteiger charge is 2.27. The van der Waals surface area contributed by atoms with Crippen molar-refractivity contribution >= 4 is 33.3 Å². The number of nitrogen functional groups attached to an aromatic ring is 1. The van der Waals surface area contributed by atoms with E-state index in [0.717, 1.165) is 21.6 Å². The Labute approximate surface area is 139 Å². The summed E-state index contributed by atoms with van der Waals surface area (Å²) >= 11 is 9.68. The molecule has 2 rings (SSSR count). The number of imidazole rings is 1. The van der Waals surface area contributed by atoms with Crippen LogP contribution in [0, 0.1) is 0 Å². The van der Waals surface area contributed by atoms with Crippen molar-refractivity contribution in [2.75, 3.05) is 5.73 Å². The van der Waals surface area contributed by atoms with Gasteiger partial charge >= 0.3 is 0 Å². The van der Waals surface area contributed by atoms with Crippen LogP contribution in [0.1, 0.15) is 46.5 Å². The standard InChI is InChI=1S/C16H21BrClN3/c1-9(2)21-14(19)13(20-15(21)16(3,4)5)11-8-10(18)6-7-12(11)17/h6-9H,19H2,1-5H3. The summed E-state index contributed by atoms with van der Waals surface area (Å²) in [7, 11) is 0. The minimum atomic E-state index is -0.0817. The number of rotatable bonds is 2. The maximum absolute atomic E-state index is 6.39. The molecule has 2 aromatic rings. The maximum Gasteiger partial charge on any atom is 0.132 e. The minimum Gasteiger partial charge on any atom is -0.383 e. The SMILES string of the molecule is CC(C)n1c(C(C)(C)C)nc(-c2cc(Cl)ccc2Br)c1N. The van der Waals surface area contributed by atoms with E-state index in [0.29, 0.717) is 10.8 Å². The second-order valence-electron chi connectivity index (χ2n) is 6.51. The number of benzene rings is 1. The van der Waals surface area contributed by atoms with Gasteiger partial charge in [0.15, 0.2) is 0 Å². The predicted molar refractivity (Wildman–Crippen MR) is 93.9 cm³/mol. The first kappa shape index (κ1) is 16.4. The molecular formula is C16H21BrClN3. The molecule has 0 atom stereocenters. The molecule has 0 aliphatic heterocycles. The minimum absolute atomic E-state index is 0.0817. The molecule has 0 saturated heterocycles. The van der Waals surface area contributed by atoms with Crippen LogP contribution in [0.15, 0.2) is 22.7 Å². The molecule has 0 aliphatic rings. The molecular weight excluding hydrogens is 350 g/mol. The van der Waals surface area contributed by atoms with Crippen LogP contribution in [0.3, 0.4) is 0 Å². The maximum atomic E-state index is 6.39. The van der Waals surface area contributed by atoms with Gasteiger partial charge in [-0.1, -0.05) is 48.3 Å². The Morgan fingerprint density at radius 1 is 1.29 bits per heavy atom. The van der Waals surface area contributed by atoms with Crippen LogP contribution in [0.2, 0.25) is 5.02 Å². The summed E-state index contributed by atoms with van der Waals surface area (Å²) in [6, 6.07) is 5.90. The van der Waals surface area contributed by atoms with E-state index in [1.807, 2.05) is 18.2 Å². The van der Waals surface area contributed by atoms with Crippen molar-refractivity contribution in [3.05, 3.63) is 33.5 Å². The average Bonchev–Trinajstić information content (AvgIpc) is 2.70. The number of hydrogen-bond donors (Lipinski definition) is 1. The molecule has 0 fully saturated rings. The van der Waals surface area contributed by atoms with Crippen LogP contribution in [0.5, 0.6) is 0 Å². The van der Waals surface area contributed by atoms with Crippen molar-refractivity contribution in [1.82, 2.24) is 9.55 Å². The van der Waals surface area contributed by atoms with Crippen LogP contribution in [-0.4, -0.2) is 9.55 Å². The molecule has 0 amide bonds. The van der Waals surface area contributed by atoms with Gasteiger partial charge in [0.2, 0.25) is 0 Å². The average molecular weight is 371 g/mol. The Bertz CT molecular complexity index is 669. The lowest BCUT2D eigenvalue weighted by Crippen LogP contribution is -2.21. The Kier molecular flexibility index (Phi) is 4.41. The van der Waals surface area contributed by atoms with E-state index in [9.17, 15) is 0 Å². The van der Waals surface area contributed by atoms with E-state index < -0.39 is 0 Å². The zero-order valence-electron chi connectivity index (χ0n) is 13.0. The molecule has 1 aromatic carbocycles. The van der Waals surface area contributed by atoms with Gasteiger partial charge in [0.1, 0.15) is 17.3 Å². The van der Waals surface area contributed by atoms with Gasteiger partial charge in [-0.25, -0.2) is 4.98 Å². The highest BCUT2D eigenvalue weighted by molar-refractivity contribution is 9.10. The summed E-state index contributed by atoms with van der Waals surface area (Å²) in [6.45, 7) is 10.7. The highest BCUT2D eigenvalue weighted by atomic mass is 79.9. The van der Waals surface area contributed by atoms with Crippen LogP contribution >= 0.6 is 27.5 Å². The van der Waals surface area contributed by atoms with Gasteiger partial charge in [0.25, 0.3) is 0 Å². The molecule has 0 aliphatic carbocycles. The Hall–Kier alpha value is -1.00. The molecule has 1 aromatic heterocycles. The van der Waals surface area contributed by atoms with E-state index >= 15 is 0 Å². The van der Waals surface area contributed by atoms with Crippen molar-refractivity contribution in [3.63, 3.8) is 0 Å². The molecule has 0 saturated carbocycles. The van der Waals surface area contributed by atoms with Crippen LogP contribution in [0.25, 0.3) is 11.3 Å². The number of hydrogen-bond acceptors (Lipinski definition) is 2. The van der Waals surface area contributed by atoms with Crippen LogP contribution in [-0.2, 0) is 5.41 Å². The normalized spacial score (nSPS) is 12.2. The zero-order chi connectivity index (χ0) is 15.9. The number of anilines is 1. The van der Waals surface area contributed by atoms with Gasteiger partial charge in [-0.15, -0.1) is 0 Å².